The SMILES string of the molecule is CCN(C(=O)Cn1c(C(=O)CC2CCC(C(=O)NCCCCCCCC(=O)NCCOCCOCCOCCC(=O)OC(C)(C)C)CC2)cc2sccc21)c1cccc(C)c1. The number of carbonyl (C=O) groups is 5. The zero-order valence-electron chi connectivity index (χ0n) is 37.2. The molecule has 1 aliphatic carbocycles. The molecule has 3 amide bonds. The first-order valence-corrected chi connectivity index (χ1v) is 23.2. The lowest BCUT2D eigenvalue weighted by atomic mass is 9.79. The van der Waals surface area contributed by atoms with Gasteiger partial charge in [-0.15, -0.1) is 11.3 Å². The van der Waals surface area contributed by atoms with Crippen LogP contribution in [-0.2, 0) is 44.7 Å². The summed E-state index contributed by atoms with van der Waals surface area (Å²) in [4.78, 5) is 65.9. The van der Waals surface area contributed by atoms with Crippen molar-refractivity contribution in [1.82, 2.24) is 15.2 Å². The summed E-state index contributed by atoms with van der Waals surface area (Å²) in [5.74, 6) is 0.0556. The summed E-state index contributed by atoms with van der Waals surface area (Å²) < 4.78 is 24.5. The largest absolute Gasteiger partial charge is 0.460 e. The van der Waals surface area contributed by atoms with Crippen molar-refractivity contribution in [3.63, 3.8) is 0 Å². The van der Waals surface area contributed by atoms with Crippen molar-refractivity contribution in [1.29, 1.82) is 0 Å². The quantitative estimate of drug-likeness (QED) is 0.0423. The summed E-state index contributed by atoms with van der Waals surface area (Å²) >= 11 is 1.58. The molecule has 4 rings (SSSR count). The van der Waals surface area contributed by atoms with E-state index in [1.807, 2.05) is 81.0 Å². The number of aryl methyl sites for hydroxylation is 1. The Bertz CT molecular complexity index is 1830. The number of esters is 1. The zero-order valence-corrected chi connectivity index (χ0v) is 38.0. The number of aromatic nitrogens is 1. The predicted molar refractivity (Wildman–Crippen MR) is 240 cm³/mol. The number of unbranched alkanes of at least 4 members (excludes halogenated alkanes) is 4. The maximum atomic E-state index is 13.7. The molecule has 0 atom stereocenters. The molecule has 0 radical (unpaired) electrons. The van der Waals surface area contributed by atoms with E-state index in [4.69, 9.17) is 18.9 Å². The van der Waals surface area contributed by atoms with E-state index in [9.17, 15) is 24.0 Å². The summed E-state index contributed by atoms with van der Waals surface area (Å²) in [7, 11) is 0. The Balaban J connectivity index is 0.989. The Hall–Kier alpha value is -4.11. The fourth-order valence-corrected chi connectivity index (χ4v) is 8.45. The van der Waals surface area contributed by atoms with Gasteiger partial charge in [-0.25, -0.2) is 0 Å². The number of ketones is 1. The first kappa shape index (κ1) is 49.5. The first-order chi connectivity index (χ1) is 29.3. The number of anilines is 1. The Morgan fingerprint density at radius 1 is 0.803 bits per heavy atom. The van der Waals surface area contributed by atoms with Crippen molar-refractivity contribution < 1.29 is 42.9 Å². The molecular weight excluding hydrogens is 797 g/mol. The molecule has 1 aromatic carbocycles. The second kappa shape index (κ2) is 26.4. The van der Waals surface area contributed by atoms with Crippen LogP contribution in [0.1, 0.15) is 121 Å². The third-order valence-electron chi connectivity index (χ3n) is 10.8. The van der Waals surface area contributed by atoms with Crippen molar-refractivity contribution in [3.05, 3.63) is 53.0 Å². The standard InChI is InChI=1S/C47H70N4O9S/c1-6-50(38-14-12-13-35(2)31-38)44(54)34-51-39-21-30-61-42(39)33-40(51)41(52)32-36-16-18-37(19-17-36)46(56)49-22-11-9-7-8-10-15-43(53)48-23-25-58-27-29-59-28-26-57-24-20-45(55)60-47(3,4)5/h12-14,21,30-31,33,36-37H,6-11,15-20,22-29,32,34H2,1-5H3,(H,48,53)(H,49,56). The van der Waals surface area contributed by atoms with Gasteiger partial charge in [-0.05, 0) is 114 Å². The minimum Gasteiger partial charge on any atom is -0.460 e. The van der Waals surface area contributed by atoms with Crippen LogP contribution in [0.2, 0.25) is 0 Å². The second-order valence-electron chi connectivity index (χ2n) is 16.9. The van der Waals surface area contributed by atoms with Gasteiger partial charge in [0.2, 0.25) is 17.7 Å². The van der Waals surface area contributed by atoms with Crippen molar-refractivity contribution >= 4 is 56.7 Å². The van der Waals surface area contributed by atoms with Crippen LogP contribution in [0.25, 0.3) is 10.2 Å². The van der Waals surface area contributed by atoms with Gasteiger partial charge in [-0.2, -0.15) is 0 Å². The minimum absolute atomic E-state index is 0.0215. The molecule has 0 unspecified atom stereocenters. The van der Waals surface area contributed by atoms with Crippen LogP contribution in [0.5, 0.6) is 0 Å². The van der Waals surface area contributed by atoms with Crippen molar-refractivity contribution in [2.45, 2.75) is 124 Å². The number of hydrogen-bond acceptors (Lipinski definition) is 10. The number of nitrogens with zero attached hydrogens (tertiary/aromatic N) is 2. The van der Waals surface area contributed by atoms with Crippen molar-refractivity contribution in [2.24, 2.45) is 11.8 Å². The smallest absolute Gasteiger partial charge is 0.308 e. The van der Waals surface area contributed by atoms with Gasteiger partial charge in [0.05, 0.1) is 62.0 Å². The number of ether oxygens (including phenoxy) is 4. The number of fused-ring (bicyclic) bond motifs is 1. The van der Waals surface area contributed by atoms with Gasteiger partial charge in [0, 0.05) is 44.1 Å². The number of carbonyl (C=O) groups excluding carboxylic acids is 5. The van der Waals surface area contributed by atoms with Crippen LogP contribution < -0.4 is 15.5 Å². The van der Waals surface area contributed by atoms with Gasteiger partial charge < -0.3 is 39.0 Å². The van der Waals surface area contributed by atoms with Crippen LogP contribution in [0.3, 0.4) is 0 Å². The fourth-order valence-electron chi connectivity index (χ4n) is 7.63. The molecule has 1 fully saturated rings. The number of likely N-dealkylation sites (N-methyl/N-ethyl adjacent to an activating group) is 1. The summed E-state index contributed by atoms with van der Waals surface area (Å²) in [5, 5.41) is 8.01. The van der Waals surface area contributed by atoms with Gasteiger partial charge in [-0.3, -0.25) is 24.0 Å². The van der Waals surface area contributed by atoms with E-state index in [1.54, 1.807) is 16.2 Å². The molecule has 1 aliphatic rings. The molecule has 0 bridgehead atoms. The first-order valence-electron chi connectivity index (χ1n) is 22.3. The molecule has 338 valence electrons. The number of amides is 3. The monoisotopic (exact) mass is 866 g/mol. The van der Waals surface area contributed by atoms with E-state index >= 15 is 0 Å². The van der Waals surface area contributed by atoms with Crippen LogP contribution in [0.4, 0.5) is 5.69 Å². The molecular formula is C47H70N4O9S. The van der Waals surface area contributed by atoms with E-state index in [0.717, 1.165) is 79.3 Å². The lowest BCUT2D eigenvalue weighted by Crippen LogP contribution is -2.35. The number of rotatable bonds is 28. The Morgan fingerprint density at radius 2 is 1.49 bits per heavy atom. The molecule has 13 nitrogen and oxygen atoms in total. The van der Waals surface area contributed by atoms with E-state index < -0.39 is 5.60 Å². The van der Waals surface area contributed by atoms with Gasteiger partial charge in [0.25, 0.3) is 0 Å². The number of hydrogen-bond donors (Lipinski definition) is 2. The van der Waals surface area contributed by atoms with Crippen molar-refractivity contribution in [2.75, 3.05) is 64.2 Å². The molecule has 2 heterocycles. The molecule has 14 heteroatoms. The third kappa shape index (κ3) is 18.0. The van der Waals surface area contributed by atoms with E-state index in [0.29, 0.717) is 77.8 Å². The highest BCUT2D eigenvalue weighted by Crippen LogP contribution is 2.33. The zero-order chi connectivity index (χ0) is 44.0. The average Bonchev–Trinajstić information content (AvgIpc) is 3.82. The van der Waals surface area contributed by atoms with E-state index in [2.05, 4.69) is 10.6 Å². The Labute approximate surface area is 366 Å². The Kier molecular flexibility index (Phi) is 21.4. The Morgan fingerprint density at radius 3 is 2.20 bits per heavy atom. The van der Waals surface area contributed by atoms with Gasteiger partial charge in [-0.1, -0.05) is 31.4 Å². The fraction of sp³-hybridized carbons (Fsp3) is 0.638. The molecule has 0 aliphatic heterocycles. The number of nitrogens with one attached hydrogen (secondary N) is 2. The molecule has 2 N–H and O–H groups in total. The van der Waals surface area contributed by atoms with Gasteiger partial charge in [0.1, 0.15) is 12.1 Å². The summed E-state index contributed by atoms with van der Waals surface area (Å²) in [5.41, 5.74) is 2.96. The molecule has 0 spiro atoms. The maximum absolute atomic E-state index is 13.7. The predicted octanol–water partition coefficient (Wildman–Crippen LogP) is 7.80. The summed E-state index contributed by atoms with van der Waals surface area (Å²) in [6.07, 6.45) is 9.05. The van der Waals surface area contributed by atoms with E-state index in [1.165, 1.54) is 0 Å². The molecule has 1 saturated carbocycles. The second-order valence-corrected chi connectivity index (χ2v) is 17.9. The van der Waals surface area contributed by atoms with Crippen molar-refractivity contribution in [3.8, 4) is 0 Å². The molecule has 0 saturated heterocycles. The summed E-state index contributed by atoms with van der Waals surface area (Å²) in [6.45, 7) is 13.6. The van der Waals surface area contributed by atoms with Crippen LogP contribution in [0, 0.1) is 18.8 Å². The highest BCUT2D eigenvalue weighted by molar-refractivity contribution is 7.17. The van der Waals surface area contributed by atoms with Gasteiger partial charge >= 0.3 is 5.97 Å². The topological polar surface area (TPSA) is 154 Å². The lowest BCUT2D eigenvalue weighted by molar-refractivity contribution is -0.156. The molecule has 3 aromatic rings. The van der Waals surface area contributed by atoms with Crippen LogP contribution in [-0.4, -0.2) is 98.9 Å². The maximum Gasteiger partial charge on any atom is 0.308 e. The van der Waals surface area contributed by atoms with Gasteiger partial charge in [0.15, 0.2) is 5.78 Å². The highest BCUT2D eigenvalue weighted by atomic mass is 32.1. The number of Topliss-reactive ketones (excluding diaryl/α,β-unsaturated/α-hetero) is 1. The molecule has 61 heavy (non-hydrogen) atoms. The highest BCUT2D eigenvalue weighted by Gasteiger charge is 2.29. The van der Waals surface area contributed by atoms with E-state index in [-0.39, 0.29) is 54.3 Å². The lowest BCUT2D eigenvalue weighted by Gasteiger charge is -2.27. The third-order valence-corrected chi connectivity index (χ3v) is 11.6. The number of benzene rings is 1. The normalized spacial score (nSPS) is 15.4. The minimum atomic E-state index is -0.493. The van der Waals surface area contributed by atoms with Crippen LogP contribution >= 0.6 is 11.3 Å². The molecule has 2 aromatic heterocycles. The van der Waals surface area contributed by atoms with Crippen LogP contribution in [0.15, 0.2) is 41.8 Å². The average molecular weight is 867 g/mol. The summed E-state index contributed by atoms with van der Waals surface area (Å²) in [6, 6.07) is 11.8. The number of thiophene rings is 1.